The minimum absolute atomic E-state index is 0.0338. The molecule has 2 amide bonds. The number of nitrogens with one attached hydrogen (secondary N) is 1. The molecule has 5 nitrogen and oxygen atoms in total. The lowest BCUT2D eigenvalue weighted by Crippen LogP contribution is -2.28. The second-order valence-corrected chi connectivity index (χ2v) is 8.56. The molecule has 0 radical (unpaired) electrons. The Morgan fingerprint density at radius 3 is 2.41 bits per heavy atom. The Labute approximate surface area is 173 Å². The number of amides is 2. The first-order valence-corrected chi connectivity index (χ1v) is 10.2. The van der Waals surface area contributed by atoms with E-state index in [1.807, 2.05) is 54.3 Å². The molecule has 3 rings (SSSR count). The average Bonchev–Trinajstić information content (AvgIpc) is 3.22. The van der Waals surface area contributed by atoms with E-state index < -0.39 is 0 Å². The van der Waals surface area contributed by atoms with Gasteiger partial charge in [-0.2, -0.15) is 0 Å². The van der Waals surface area contributed by atoms with Gasteiger partial charge in [-0.25, -0.2) is 0 Å². The summed E-state index contributed by atoms with van der Waals surface area (Å²) >= 11 is 0. The number of likely N-dealkylation sites (tertiary alicyclic amines) is 1. The molecule has 0 bridgehead atoms. The summed E-state index contributed by atoms with van der Waals surface area (Å²) in [5.74, 6) is 0.499. The van der Waals surface area contributed by atoms with Crippen LogP contribution < -0.4 is 10.1 Å². The molecule has 0 spiro atoms. The fourth-order valence-corrected chi connectivity index (χ4v) is 3.64. The SMILES string of the molecule is Cc1c(NC(=O)COc2ccccc2C(C)(C)C)cccc1C(=O)N1CCCC1. The monoisotopic (exact) mass is 394 g/mol. The molecule has 0 atom stereocenters. The third-order valence-electron chi connectivity index (χ3n) is 5.29. The highest BCUT2D eigenvalue weighted by Gasteiger charge is 2.22. The van der Waals surface area contributed by atoms with Gasteiger partial charge < -0.3 is 15.0 Å². The van der Waals surface area contributed by atoms with Crippen molar-refractivity contribution in [3.05, 3.63) is 59.2 Å². The van der Waals surface area contributed by atoms with E-state index >= 15 is 0 Å². The molecule has 29 heavy (non-hydrogen) atoms. The van der Waals surface area contributed by atoms with Crippen molar-refractivity contribution >= 4 is 17.5 Å². The van der Waals surface area contributed by atoms with Gasteiger partial charge in [-0.1, -0.05) is 45.0 Å². The molecule has 2 aromatic rings. The van der Waals surface area contributed by atoms with E-state index in [-0.39, 0.29) is 23.8 Å². The first-order valence-electron chi connectivity index (χ1n) is 10.2. The molecule has 1 saturated heterocycles. The molecule has 0 unspecified atom stereocenters. The predicted octanol–water partition coefficient (Wildman–Crippen LogP) is 4.55. The smallest absolute Gasteiger partial charge is 0.262 e. The van der Waals surface area contributed by atoms with Gasteiger partial charge in [0, 0.05) is 24.3 Å². The number of carbonyl (C=O) groups is 2. The quantitative estimate of drug-likeness (QED) is 0.810. The van der Waals surface area contributed by atoms with Gasteiger partial charge in [0.05, 0.1) is 0 Å². The Kier molecular flexibility index (Phi) is 6.26. The maximum Gasteiger partial charge on any atom is 0.262 e. The number of ether oxygens (including phenoxy) is 1. The van der Waals surface area contributed by atoms with Crippen LogP contribution in [0.4, 0.5) is 5.69 Å². The van der Waals surface area contributed by atoms with E-state index in [0.717, 1.165) is 37.1 Å². The maximum atomic E-state index is 12.7. The zero-order chi connectivity index (χ0) is 21.0. The fraction of sp³-hybridized carbons (Fsp3) is 0.417. The lowest BCUT2D eigenvalue weighted by atomic mass is 9.86. The molecule has 5 heteroatoms. The number of hydrogen-bond acceptors (Lipinski definition) is 3. The van der Waals surface area contributed by atoms with Crippen molar-refractivity contribution in [1.29, 1.82) is 0 Å². The van der Waals surface area contributed by atoms with Crippen molar-refractivity contribution in [2.24, 2.45) is 0 Å². The van der Waals surface area contributed by atoms with Crippen molar-refractivity contribution in [2.45, 2.75) is 46.0 Å². The van der Waals surface area contributed by atoms with Crippen LogP contribution in [-0.2, 0) is 10.2 Å². The highest BCUT2D eigenvalue weighted by molar-refractivity contribution is 5.99. The lowest BCUT2D eigenvalue weighted by Gasteiger charge is -2.22. The van der Waals surface area contributed by atoms with Crippen LogP contribution in [0.15, 0.2) is 42.5 Å². The van der Waals surface area contributed by atoms with Crippen LogP contribution in [0.3, 0.4) is 0 Å². The van der Waals surface area contributed by atoms with Gasteiger partial charge in [0.25, 0.3) is 11.8 Å². The van der Waals surface area contributed by atoms with Crippen LogP contribution in [0.5, 0.6) is 5.75 Å². The largest absolute Gasteiger partial charge is 0.483 e. The molecule has 0 saturated carbocycles. The van der Waals surface area contributed by atoms with Crippen molar-refractivity contribution < 1.29 is 14.3 Å². The second kappa shape index (κ2) is 8.68. The zero-order valence-electron chi connectivity index (χ0n) is 17.7. The standard InChI is InChI=1S/C24H30N2O3/c1-17-18(23(28)26-14-7-8-15-26)10-9-12-20(17)25-22(27)16-29-21-13-6-5-11-19(21)24(2,3)4/h5-6,9-13H,7-8,14-16H2,1-4H3,(H,25,27). The van der Waals surface area contributed by atoms with Crippen LogP contribution in [0.1, 0.15) is 55.1 Å². The van der Waals surface area contributed by atoms with E-state index in [9.17, 15) is 9.59 Å². The first kappa shape index (κ1) is 20.9. The highest BCUT2D eigenvalue weighted by Crippen LogP contribution is 2.31. The highest BCUT2D eigenvalue weighted by atomic mass is 16.5. The molecule has 1 aliphatic heterocycles. The number of rotatable bonds is 5. The third-order valence-corrected chi connectivity index (χ3v) is 5.29. The van der Waals surface area contributed by atoms with E-state index in [1.54, 1.807) is 0 Å². The van der Waals surface area contributed by atoms with Gasteiger partial charge in [0.15, 0.2) is 6.61 Å². The Morgan fingerprint density at radius 2 is 1.72 bits per heavy atom. The molecule has 154 valence electrons. The number of carbonyl (C=O) groups excluding carboxylic acids is 2. The molecule has 1 aliphatic rings. The van der Waals surface area contributed by atoms with Crippen LogP contribution in [-0.4, -0.2) is 36.4 Å². The number of benzene rings is 2. The normalized spacial score (nSPS) is 14.0. The van der Waals surface area contributed by atoms with Gasteiger partial charge in [-0.3, -0.25) is 9.59 Å². The predicted molar refractivity (Wildman–Crippen MR) is 116 cm³/mol. The average molecular weight is 395 g/mol. The van der Waals surface area contributed by atoms with Gasteiger partial charge >= 0.3 is 0 Å². The summed E-state index contributed by atoms with van der Waals surface area (Å²) in [6.45, 7) is 9.72. The van der Waals surface area contributed by atoms with E-state index in [2.05, 4.69) is 26.1 Å². The zero-order valence-corrected chi connectivity index (χ0v) is 17.7. The number of hydrogen-bond donors (Lipinski definition) is 1. The summed E-state index contributed by atoms with van der Waals surface area (Å²) in [5.41, 5.74) is 3.06. The maximum absolute atomic E-state index is 12.7. The van der Waals surface area contributed by atoms with Crippen LogP contribution in [0.25, 0.3) is 0 Å². The topological polar surface area (TPSA) is 58.6 Å². The summed E-state index contributed by atoms with van der Waals surface area (Å²) in [4.78, 5) is 27.1. The van der Waals surface area contributed by atoms with Crippen LogP contribution >= 0.6 is 0 Å². The van der Waals surface area contributed by atoms with Crippen molar-refractivity contribution in [1.82, 2.24) is 4.90 Å². The van der Waals surface area contributed by atoms with Gasteiger partial charge in [-0.05, 0) is 54.5 Å². The summed E-state index contributed by atoms with van der Waals surface area (Å²) in [7, 11) is 0. The molecule has 1 heterocycles. The fourth-order valence-electron chi connectivity index (χ4n) is 3.64. The Bertz CT molecular complexity index is 893. The summed E-state index contributed by atoms with van der Waals surface area (Å²) < 4.78 is 5.81. The van der Waals surface area contributed by atoms with Crippen molar-refractivity contribution in [3.8, 4) is 5.75 Å². The summed E-state index contributed by atoms with van der Waals surface area (Å²) in [6, 6.07) is 13.2. The van der Waals surface area contributed by atoms with E-state index in [4.69, 9.17) is 4.74 Å². The van der Waals surface area contributed by atoms with E-state index in [0.29, 0.717) is 17.0 Å². The van der Waals surface area contributed by atoms with Crippen molar-refractivity contribution in [3.63, 3.8) is 0 Å². The summed E-state index contributed by atoms with van der Waals surface area (Å²) in [5, 5.41) is 2.89. The molecule has 0 aromatic heterocycles. The number of para-hydroxylation sites is 1. The molecule has 1 N–H and O–H groups in total. The Hall–Kier alpha value is -2.82. The van der Waals surface area contributed by atoms with E-state index in [1.165, 1.54) is 0 Å². The lowest BCUT2D eigenvalue weighted by molar-refractivity contribution is -0.118. The molecule has 1 fully saturated rings. The minimum Gasteiger partial charge on any atom is -0.483 e. The third kappa shape index (κ3) is 4.97. The molecule has 2 aromatic carbocycles. The van der Waals surface area contributed by atoms with Gasteiger partial charge in [0.1, 0.15) is 5.75 Å². The van der Waals surface area contributed by atoms with Gasteiger partial charge in [0.2, 0.25) is 0 Å². The second-order valence-electron chi connectivity index (χ2n) is 8.56. The molecular weight excluding hydrogens is 364 g/mol. The first-order chi connectivity index (χ1) is 13.8. The molecular formula is C24H30N2O3. The summed E-state index contributed by atoms with van der Waals surface area (Å²) in [6.07, 6.45) is 2.10. The minimum atomic E-state index is -0.248. The molecule has 0 aliphatic carbocycles. The van der Waals surface area contributed by atoms with Crippen LogP contribution in [0, 0.1) is 6.92 Å². The Balaban J connectivity index is 1.67. The van der Waals surface area contributed by atoms with Crippen molar-refractivity contribution in [2.75, 3.05) is 25.0 Å². The number of anilines is 1. The van der Waals surface area contributed by atoms with Crippen LogP contribution in [0.2, 0.25) is 0 Å². The Morgan fingerprint density at radius 1 is 1.03 bits per heavy atom. The number of nitrogens with zero attached hydrogens (tertiary/aromatic N) is 1. The van der Waals surface area contributed by atoms with Gasteiger partial charge in [-0.15, -0.1) is 0 Å².